The standard InChI is InChI=1S/C13H22N4/c1-2-16-9-5-3-7-11(16)13-14-12-8-4-6-10-17(12)15-13/h11H,2-10H2,1H3. The smallest absolute Gasteiger partial charge is 0.168 e. The van der Waals surface area contributed by atoms with Crippen molar-refractivity contribution in [3.05, 3.63) is 11.6 Å². The molecule has 4 nitrogen and oxygen atoms in total. The fourth-order valence-corrected chi connectivity index (χ4v) is 3.11. The topological polar surface area (TPSA) is 34.0 Å². The Morgan fingerprint density at radius 3 is 2.88 bits per heavy atom. The highest BCUT2D eigenvalue weighted by molar-refractivity contribution is 5.02. The molecule has 0 saturated carbocycles. The molecule has 4 heteroatoms. The van der Waals surface area contributed by atoms with Crippen LogP contribution >= 0.6 is 0 Å². The van der Waals surface area contributed by atoms with Crippen LogP contribution in [0.15, 0.2) is 0 Å². The fourth-order valence-electron chi connectivity index (χ4n) is 3.11. The zero-order chi connectivity index (χ0) is 11.7. The van der Waals surface area contributed by atoms with Gasteiger partial charge in [-0.3, -0.25) is 4.90 Å². The van der Waals surface area contributed by atoms with Crippen molar-refractivity contribution in [2.45, 2.75) is 58.0 Å². The number of fused-ring (bicyclic) bond motifs is 1. The molecule has 0 amide bonds. The largest absolute Gasteiger partial charge is 0.294 e. The first-order chi connectivity index (χ1) is 8.38. The van der Waals surface area contributed by atoms with E-state index in [4.69, 9.17) is 10.1 Å². The van der Waals surface area contributed by atoms with Crippen LogP contribution in [-0.4, -0.2) is 32.8 Å². The molecule has 1 fully saturated rings. The predicted octanol–water partition coefficient (Wildman–Crippen LogP) is 2.16. The minimum absolute atomic E-state index is 0.479. The van der Waals surface area contributed by atoms with Gasteiger partial charge in [-0.15, -0.1) is 0 Å². The average molecular weight is 234 g/mol. The maximum Gasteiger partial charge on any atom is 0.168 e. The van der Waals surface area contributed by atoms with Crippen molar-refractivity contribution in [1.29, 1.82) is 0 Å². The monoisotopic (exact) mass is 234 g/mol. The van der Waals surface area contributed by atoms with E-state index in [9.17, 15) is 0 Å². The van der Waals surface area contributed by atoms with E-state index in [1.807, 2.05) is 0 Å². The van der Waals surface area contributed by atoms with Gasteiger partial charge < -0.3 is 0 Å². The van der Waals surface area contributed by atoms with Gasteiger partial charge in [-0.1, -0.05) is 13.3 Å². The minimum Gasteiger partial charge on any atom is -0.294 e. The second kappa shape index (κ2) is 4.77. The molecule has 0 bridgehead atoms. The van der Waals surface area contributed by atoms with Gasteiger partial charge in [-0.05, 0) is 38.8 Å². The Labute approximate surface area is 103 Å². The molecule has 0 aliphatic carbocycles. The second-order valence-corrected chi connectivity index (χ2v) is 5.21. The van der Waals surface area contributed by atoms with E-state index in [1.165, 1.54) is 44.5 Å². The molecule has 0 N–H and O–H groups in total. The van der Waals surface area contributed by atoms with E-state index in [0.29, 0.717) is 6.04 Å². The van der Waals surface area contributed by atoms with Crippen LogP contribution in [0.5, 0.6) is 0 Å². The Bertz CT molecular complexity index is 361. The first-order valence-electron chi connectivity index (χ1n) is 7.06. The van der Waals surface area contributed by atoms with Crippen molar-refractivity contribution >= 4 is 0 Å². The molecular formula is C13H22N4. The molecule has 3 rings (SSSR count). The van der Waals surface area contributed by atoms with Crippen LogP contribution in [-0.2, 0) is 13.0 Å². The van der Waals surface area contributed by atoms with E-state index in [-0.39, 0.29) is 0 Å². The predicted molar refractivity (Wildman–Crippen MR) is 66.8 cm³/mol. The lowest BCUT2D eigenvalue weighted by atomic mass is 10.0. The van der Waals surface area contributed by atoms with Crippen molar-refractivity contribution in [3.8, 4) is 0 Å². The molecule has 2 aliphatic heterocycles. The lowest BCUT2D eigenvalue weighted by molar-refractivity contribution is 0.150. The third-order valence-corrected chi connectivity index (χ3v) is 4.10. The number of hydrogen-bond acceptors (Lipinski definition) is 3. The molecule has 3 heterocycles. The maximum atomic E-state index is 4.78. The van der Waals surface area contributed by atoms with Crippen LogP contribution < -0.4 is 0 Å². The SMILES string of the molecule is CCN1CCCCC1c1nc2n(n1)CCCC2. The summed E-state index contributed by atoms with van der Waals surface area (Å²) < 4.78 is 2.14. The molecule has 1 saturated heterocycles. The third-order valence-electron chi connectivity index (χ3n) is 4.10. The van der Waals surface area contributed by atoms with E-state index in [2.05, 4.69) is 16.5 Å². The summed E-state index contributed by atoms with van der Waals surface area (Å²) in [5, 5.41) is 4.74. The summed E-state index contributed by atoms with van der Waals surface area (Å²) in [5.74, 6) is 2.30. The zero-order valence-corrected chi connectivity index (χ0v) is 10.7. The lowest BCUT2D eigenvalue weighted by Gasteiger charge is -2.32. The van der Waals surface area contributed by atoms with Crippen molar-refractivity contribution in [3.63, 3.8) is 0 Å². The Kier molecular flexibility index (Phi) is 3.14. The molecule has 94 valence electrons. The van der Waals surface area contributed by atoms with Gasteiger partial charge in [0.15, 0.2) is 5.82 Å². The summed E-state index contributed by atoms with van der Waals surface area (Å²) >= 11 is 0. The van der Waals surface area contributed by atoms with E-state index >= 15 is 0 Å². The quantitative estimate of drug-likeness (QED) is 0.786. The van der Waals surface area contributed by atoms with Crippen LogP contribution in [0.25, 0.3) is 0 Å². The number of hydrogen-bond donors (Lipinski definition) is 0. The fraction of sp³-hybridized carbons (Fsp3) is 0.846. The van der Waals surface area contributed by atoms with Gasteiger partial charge in [0, 0.05) is 13.0 Å². The summed E-state index contributed by atoms with van der Waals surface area (Å²) in [4.78, 5) is 7.32. The zero-order valence-electron chi connectivity index (χ0n) is 10.7. The molecule has 1 unspecified atom stereocenters. The maximum absolute atomic E-state index is 4.78. The van der Waals surface area contributed by atoms with Gasteiger partial charge in [-0.25, -0.2) is 9.67 Å². The van der Waals surface area contributed by atoms with Crippen molar-refractivity contribution in [1.82, 2.24) is 19.7 Å². The Morgan fingerprint density at radius 2 is 2.06 bits per heavy atom. The van der Waals surface area contributed by atoms with E-state index in [1.54, 1.807) is 0 Å². The summed E-state index contributed by atoms with van der Waals surface area (Å²) in [6, 6.07) is 0.479. The summed E-state index contributed by atoms with van der Waals surface area (Å²) in [6.07, 6.45) is 7.55. The van der Waals surface area contributed by atoms with Crippen LogP contribution in [0.4, 0.5) is 0 Å². The molecule has 17 heavy (non-hydrogen) atoms. The highest BCUT2D eigenvalue weighted by atomic mass is 15.4. The number of piperidine rings is 1. The molecule has 1 atom stereocenters. The Hall–Kier alpha value is -0.900. The van der Waals surface area contributed by atoms with Gasteiger partial charge in [-0.2, -0.15) is 5.10 Å². The van der Waals surface area contributed by atoms with Crippen molar-refractivity contribution in [2.24, 2.45) is 0 Å². The van der Waals surface area contributed by atoms with Crippen molar-refractivity contribution < 1.29 is 0 Å². The Morgan fingerprint density at radius 1 is 1.18 bits per heavy atom. The number of aromatic nitrogens is 3. The van der Waals surface area contributed by atoms with Crippen molar-refractivity contribution in [2.75, 3.05) is 13.1 Å². The van der Waals surface area contributed by atoms with Crippen LogP contribution in [0, 0.1) is 0 Å². The second-order valence-electron chi connectivity index (χ2n) is 5.21. The molecule has 1 aromatic rings. The molecule has 1 aromatic heterocycles. The van der Waals surface area contributed by atoms with Gasteiger partial charge in [0.2, 0.25) is 0 Å². The highest BCUT2D eigenvalue weighted by Crippen LogP contribution is 2.29. The van der Waals surface area contributed by atoms with Gasteiger partial charge in [0.25, 0.3) is 0 Å². The molecule has 2 aliphatic rings. The third kappa shape index (κ3) is 2.10. The lowest BCUT2D eigenvalue weighted by Crippen LogP contribution is -2.33. The summed E-state index contributed by atoms with van der Waals surface area (Å²) in [7, 11) is 0. The summed E-state index contributed by atoms with van der Waals surface area (Å²) in [6.45, 7) is 5.65. The molecular weight excluding hydrogens is 212 g/mol. The van der Waals surface area contributed by atoms with Gasteiger partial charge >= 0.3 is 0 Å². The molecule has 0 aromatic carbocycles. The summed E-state index contributed by atoms with van der Waals surface area (Å²) in [5.41, 5.74) is 0. The first-order valence-corrected chi connectivity index (χ1v) is 7.06. The van der Waals surface area contributed by atoms with Gasteiger partial charge in [0.1, 0.15) is 5.82 Å². The van der Waals surface area contributed by atoms with E-state index in [0.717, 1.165) is 25.3 Å². The average Bonchev–Trinajstić information content (AvgIpc) is 2.82. The number of likely N-dealkylation sites (tertiary alicyclic amines) is 1. The van der Waals surface area contributed by atoms with Crippen LogP contribution in [0.1, 0.15) is 56.7 Å². The van der Waals surface area contributed by atoms with Gasteiger partial charge in [0.05, 0.1) is 6.04 Å². The van der Waals surface area contributed by atoms with Crippen LogP contribution in [0.2, 0.25) is 0 Å². The number of nitrogens with zero attached hydrogens (tertiary/aromatic N) is 4. The normalized spacial score (nSPS) is 25.8. The Balaban J connectivity index is 1.84. The highest BCUT2D eigenvalue weighted by Gasteiger charge is 2.27. The number of rotatable bonds is 2. The molecule has 0 spiro atoms. The minimum atomic E-state index is 0.479. The van der Waals surface area contributed by atoms with E-state index < -0.39 is 0 Å². The molecule has 0 radical (unpaired) electrons. The van der Waals surface area contributed by atoms with Crippen LogP contribution in [0.3, 0.4) is 0 Å². The number of aryl methyl sites for hydroxylation is 2. The first kappa shape index (κ1) is 11.2.